The number of hydrogen-bond acceptors (Lipinski definition) is 3. The van der Waals surface area contributed by atoms with Crippen molar-refractivity contribution >= 4 is 5.82 Å². The van der Waals surface area contributed by atoms with E-state index in [2.05, 4.69) is 41.2 Å². The first kappa shape index (κ1) is 13.3. The van der Waals surface area contributed by atoms with Crippen molar-refractivity contribution in [2.45, 2.75) is 39.7 Å². The molecule has 0 aliphatic heterocycles. The Hall–Kier alpha value is -1.09. The maximum absolute atomic E-state index is 4.62. The maximum Gasteiger partial charge on any atom is 0.128 e. The molecule has 0 bridgehead atoms. The van der Waals surface area contributed by atoms with E-state index in [9.17, 15) is 0 Å². The summed E-state index contributed by atoms with van der Waals surface area (Å²) in [6.45, 7) is 8.59. The molecule has 0 aromatic carbocycles. The molecule has 1 saturated carbocycles. The zero-order valence-corrected chi connectivity index (χ0v) is 11.7. The molecule has 2 rings (SSSR count). The first-order valence-electron chi connectivity index (χ1n) is 7.24. The molecule has 1 fully saturated rings. The normalized spacial score (nSPS) is 14.8. The van der Waals surface area contributed by atoms with Gasteiger partial charge in [-0.2, -0.15) is 0 Å². The van der Waals surface area contributed by atoms with E-state index < -0.39 is 0 Å². The van der Waals surface area contributed by atoms with Crippen LogP contribution >= 0.6 is 0 Å². The van der Waals surface area contributed by atoms with Crippen LogP contribution in [0.2, 0.25) is 0 Å². The molecule has 100 valence electrons. The van der Waals surface area contributed by atoms with E-state index in [1.54, 1.807) is 0 Å². The molecule has 0 saturated heterocycles. The molecule has 3 nitrogen and oxygen atoms in total. The van der Waals surface area contributed by atoms with Gasteiger partial charge >= 0.3 is 0 Å². The van der Waals surface area contributed by atoms with E-state index >= 15 is 0 Å². The summed E-state index contributed by atoms with van der Waals surface area (Å²) < 4.78 is 0. The zero-order chi connectivity index (χ0) is 12.8. The predicted molar refractivity (Wildman–Crippen MR) is 76.8 cm³/mol. The molecule has 0 amide bonds. The Morgan fingerprint density at radius 1 is 1.33 bits per heavy atom. The van der Waals surface area contributed by atoms with E-state index in [1.165, 1.54) is 31.4 Å². The quantitative estimate of drug-likeness (QED) is 0.765. The summed E-state index contributed by atoms with van der Waals surface area (Å²) in [7, 11) is 0. The lowest BCUT2D eigenvalue weighted by Crippen LogP contribution is -2.27. The smallest absolute Gasteiger partial charge is 0.128 e. The van der Waals surface area contributed by atoms with E-state index in [0.717, 1.165) is 31.4 Å². The summed E-state index contributed by atoms with van der Waals surface area (Å²) in [6.07, 6.45) is 6.00. The van der Waals surface area contributed by atoms with Crippen LogP contribution in [-0.2, 0) is 6.54 Å². The molecule has 1 aromatic heterocycles. The summed E-state index contributed by atoms with van der Waals surface area (Å²) in [4.78, 5) is 7.06. The fourth-order valence-electron chi connectivity index (χ4n) is 2.16. The highest BCUT2D eigenvalue weighted by Crippen LogP contribution is 2.31. The summed E-state index contributed by atoms with van der Waals surface area (Å²) in [6, 6.07) is 4.37. The highest BCUT2D eigenvalue weighted by atomic mass is 15.2. The monoisotopic (exact) mass is 247 g/mol. The van der Waals surface area contributed by atoms with Gasteiger partial charge in [0.1, 0.15) is 5.82 Å². The molecule has 1 aliphatic rings. The fourth-order valence-corrected chi connectivity index (χ4v) is 2.16. The highest BCUT2D eigenvalue weighted by molar-refractivity contribution is 5.39. The summed E-state index contributed by atoms with van der Waals surface area (Å²) in [5.41, 5.74) is 1.27. The second kappa shape index (κ2) is 6.74. The van der Waals surface area contributed by atoms with Crippen molar-refractivity contribution in [1.82, 2.24) is 10.3 Å². The average Bonchev–Trinajstić information content (AvgIpc) is 3.20. The van der Waals surface area contributed by atoms with Crippen LogP contribution in [-0.4, -0.2) is 24.6 Å². The summed E-state index contributed by atoms with van der Waals surface area (Å²) in [5.74, 6) is 2.06. The zero-order valence-electron chi connectivity index (χ0n) is 11.7. The number of rotatable bonds is 8. The number of nitrogens with one attached hydrogen (secondary N) is 1. The van der Waals surface area contributed by atoms with Gasteiger partial charge < -0.3 is 10.2 Å². The topological polar surface area (TPSA) is 28.2 Å². The minimum atomic E-state index is 0.916. The molecule has 18 heavy (non-hydrogen) atoms. The van der Waals surface area contributed by atoms with Gasteiger partial charge in [0.25, 0.3) is 0 Å². The second-order valence-electron chi connectivity index (χ2n) is 5.19. The van der Waals surface area contributed by atoms with E-state index in [1.807, 2.05) is 6.20 Å². The van der Waals surface area contributed by atoms with Crippen LogP contribution in [0.15, 0.2) is 18.3 Å². The number of anilines is 1. The van der Waals surface area contributed by atoms with Crippen LogP contribution in [0, 0.1) is 5.92 Å². The van der Waals surface area contributed by atoms with Crippen LogP contribution in [0.3, 0.4) is 0 Å². The lowest BCUT2D eigenvalue weighted by molar-refractivity contribution is 0.695. The largest absolute Gasteiger partial charge is 0.356 e. The van der Waals surface area contributed by atoms with Gasteiger partial charge in [-0.3, -0.25) is 0 Å². The lowest BCUT2D eigenvalue weighted by Gasteiger charge is -2.23. The minimum Gasteiger partial charge on any atom is -0.356 e. The van der Waals surface area contributed by atoms with Gasteiger partial charge in [-0.05, 0) is 43.4 Å². The molecular formula is C15H25N3. The minimum absolute atomic E-state index is 0.916. The van der Waals surface area contributed by atoms with Crippen LogP contribution in [0.5, 0.6) is 0 Å². The molecule has 1 heterocycles. The molecule has 1 N–H and O–H groups in total. The Morgan fingerprint density at radius 2 is 2.17 bits per heavy atom. The first-order valence-corrected chi connectivity index (χ1v) is 7.24. The molecular weight excluding hydrogens is 222 g/mol. The van der Waals surface area contributed by atoms with Gasteiger partial charge in [0, 0.05) is 25.8 Å². The highest BCUT2D eigenvalue weighted by Gasteiger charge is 2.24. The van der Waals surface area contributed by atoms with Gasteiger partial charge in [0.15, 0.2) is 0 Å². The van der Waals surface area contributed by atoms with Gasteiger partial charge in [-0.25, -0.2) is 4.98 Å². The van der Waals surface area contributed by atoms with Gasteiger partial charge in [0.05, 0.1) is 0 Å². The molecule has 0 spiro atoms. The Kier molecular flexibility index (Phi) is 5.00. The second-order valence-corrected chi connectivity index (χ2v) is 5.19. The standard InChI is InChI=1S/C15H25N3/c1-3-9-18(12-13-5-6-13)15-8-7-14(11-17-15)10-16-4-2/h7-8,11,13,16H,3-6,9-10,12H2,1-2H3. The lowest BCUT2D eigenvalue weighted by atomic mass is 10.2. The van der Waals surface area contributed by atoms with Crippen LogP contribution in [0.25, 0.3) is 0 Å². The van der Waals surface area contributed by atoms with Crippen molar-refractivity contribution in [3.05, 3.63) is 23.9 Å². The van der Waals surface area contributed by atoms with E-state index in [-0.39, 0.29) is 0 Å². The van der Waals surface area contributed by atoms with Gasteiger partial charge in [-0.1, -0.05) is 19.9 Å². The Labute approximate surface area is 111 Å². The molecule has 1 aromatic rings. The van der Waals surface area contributed by atoms with Crippen molar-refractivity contribution in [3.63, 3.8) is 0 Å². The third kappa shape index (κ3) is 3.98. The van der Waals surface area contributed by atoms with Crippen LogP contribution < -0.4 is 10.2 Å². The third-order valence-corrected chi connectivity index (χ3v) is 3.38. The van der Waals surface area contributed by atoms with Crippen LogP contribution in [0.4, 0.5) is 5.82 Å². The van der Waals surface area contributed by atoms with Crippen molar-refractivity contribution in [1.29, 1.82) is 0 Å². The molecule has 3 heteroatoms. The van der Waals surface area contributed by atoms with E-state index in [4.69, 9.17) is 0 Å². The van der Waals surface area contributed by atoms with Crippen molar-refractivity contribution in [3.8, 4) is 0 Å². The van der Waals surface area contributed by atoms with Crippen LogP contribution in [0.1, 0.15) is 38.7 Å². The average molecular weight is 247 g/mol. The summed E-state index contributed by atoms with van der Waals surface area (Å²) in [5, 5.41) is 3.33. The molecule has 0 radical (unpaired) electrons. The van der Waals surface area contributed by atoms with Gasteiger partial charge in [0.2, 0.25) is 0 Å². The number of pyridine rings is 1. The SMILES string of the molecule is CCCN(CC1CC1)c1ccc(CNCC)cn1. The van der Waals surface area contributed by atoms with Crippen molar-refractivity contribution in [2.24, 2.45) is 5.92 Å². The predicted octanol–water partition coefficient (Wildman–Crippen LogP) is 2.82. The first-order chi connectivity index (χ1) is 8.83. The number of aromatic nitrogens is 1. The van der Waals surface area contributed by atoms with Crippen molar-refractivity contribution in [2.75, 3.05) is 24.5 Å². The van der Waals surface area contributed by atoms with Gasteiger partial charge in [-0.15, -0.1) is 0 Å². The summed E-state index contributed by atoms with van der Waals surface area (Å²) >= 11 is 0. The number of hydrogen-bond donors (Lipinski definition) is 1. The van der Waals surface area contributed by atoms with E-state index in [0.29, 0.717) is 0 Å². The fraction of sp³-hybridized carbons (Fsp3) is 0.667. The molecule has 0 atom stereocenters. The Morgan fingerprint density at radius 3 is 2.72 bits per heavy atom. The maximum atomic E-state index is 4.62. The Bertz CT molecular complexity index is 343. The molecule has 1 aliphatic carbocycles. The number of nitrogens with zero attached hydrogens (tertiary/aromatic N) is 2. The third-order valence-electron chi connectivity index (χ3n) is 3.38. The molecule has 0 unspecified atom stereocenters. The van der Waals surface area contributed by atoms with Crippen molar-refractivity contribution < 1.29 is 0 Å². The Balaban J connectivity index is 1.95.